The van der Waals surface area contributed by atoms with Gasteiger partial charge < -0.3 is 0 Å². The van der Waals surface area contributed by atoms with Crippen molar-refractivity contribution >= 4 is 21.7 Å². The van der Waals surface area contributed by atoms with E-state index in [9.17, 15) is 0 Å². The SMILES string of the molecule is ClS[CH]c1ccccc1. The average molecular weight is 158 g/mol. The molecule has 0 bridgehead atoms. The Morgan fingerprint density at radius 3 is 2.44 bits per heavy atom. The topological polar surface area (TPSA) is 0 Å². The Balaban J connectivity index is 2.61. The van der Waals surface area contributed by atoms with E-state index < -0.39 is 0 Å². The minimum absolute atomic E-state index is 1.15. The number of hydrogen-bond acceptors (Lipinski definition) is 1. The predicted octanol–water partition coefficient (Wildman–Crippen LogP) is 3.08. The molecule has 2 heteroatoms. The first kappa shape index (κ1) is 6.97. The molecule has 0 spiro atoms. The lowest BCUT2D eigenvalue weighted by atomic mass is 10.2. The molecule has 0 aliphatic rings. The third-order valence-electron chi connectivity index (χ3n) is 0.980. The molecule has 0 aliphatic heterocycles. The first-order valence-electron chi connectivity index (χ1n) is 2.59. The van der Waals surface area contributed by atoms with E-state index in [2.05, 4.69) is 0 Å². The van der Waals surface area contributed by atoms with Gasteiger partial charge in [-0.05, 0) is 27.2 Å². The van der Waals surface area contributed by atoms with Gasteiger partial charge in [-0.3, -0.25) is 0 Å². The Bertz CT molecular complexity index is 162. The zero-order valence-electron chi connectivity index (χ0n) is 4.75. The molecule has 0 aromatic heterocycles. The van der Waals surface area contributed by atoms with E-state index in [4.69, 9.17) is 10.7 Å². The van der Waals surface area contributed by atoms with E-state index in [1.807, 2.05) is 36.1 Å². The van der Waals surface area contributed by atoms with E-state index in [1.165, 1.54) is 11.0 Å². The summed E-state index contributed by atoms with van der Waals surface area (Å²) in [5.41, 5.74) is 1.15. The van der Waals surface area contributed by atoms with Crippen LogP contribution in [0.5, 0.6) is 0 Å². The summed E-state index contributed by atoms with van der Waals surface area (Å²) < 4.78 is 0. The van der Waals surface area contributed by atoms with Crippen LogP contribution >= 0.6 is 21.7 Å². The molecule has 0 heterocycles. The van der Waals surface area contributed by atoms with Crippen LogP contribution in [-0.4, -0.2) is 0 Å². The Labute approximate surface area is 63.7 Å². The molecule has 0 fully saturated rings. The molecular weight excluding hydrogens is 152 g/mol. The Morgan fingerprint density at radius 2 is 1.89 bits per heavy atom. The fraction of sp³-hybridized carbons (Fsp3) is 0. The van der Waals surface area contributed by atoms with Gasteiger partial charge in [-0.15, -0.1) is 0 Å². The standard InChI is InChI=1S/C7H6ClS/c8-9-6-7-4-2-1-3-5-7/h1-6H. The summed E-state index contributed by atoms with van der Waals surface area (Å²) in [5, 5.41) is 0. The van der Waals surface area contributed by atoms with Crippen LogP contribution in [0.3, 0.4) is 0 Å². The molecule has 9 heavy (non-hydrogen) atoms. The highest BCUT2D eigenvalue weighted by Gasteiger charge is 1.87. The van der Waals surface area contributed by atoms with Crippen LogP contribution in [0.2, 0.25) is 0 Å². The predicted molar refractivity (Wildman–Crippen MR) is 43.3 cm³/mol. The van der Waals surface area contributed by atoms with E-state index >= 15 is 0 Å². The summed E-state index contributed by atoms with van der Waals surface area (Å²) in [5.74, 6) is 1.89. The van der Waals surface area contributed by atoms with Gasteiger partial charge in [0, 0.05) is 0 Å². The number of rotatable bonds is 2. The number of halogens is 1. The van der Waals surface area contributed by atoms with E-state index in [0.29, 0.717) is 0 Å². The fourth-order valence-electron chi connectivity index (χ4n) is 0.583. The van der Waals surface area contributed by atoms with Crippen LogP contribution in [0.1, 0.15) is 5.56 Å². The van der Waals surface area contributed by atoms with Gasteiger partial charge in [-0.25, -0.2) is 0 Å². The summed E-state index contributed by atoms with van der Waals surface area (Å²) in [7, 11) is 6.60. The molecule has 0 aliphatic carbocycles. The van der Waals surface area contributed by atoms with Crippen molar-refractivity contribution in [3.8, 4) is 0 Å². The monoisotopic (exact) mass is 157 g/mol. The van der Waals surface area contributed by atoms with Crippen molar-refractivity contribution < 1.29 is 0 Å². The molecule has 0 N–H and O–H groups in total. The first-order chi connectivity index (χ1) is 4.43. The van der Waals surface area contributed by atoms with Gasteiger partial charge in [0.15, 0.2) is 0 Å². The molecule has 0 amide bonds. The van der Waals surface area contributed by atoms with Gasteiger partial charge in [0.1, 0.15) is 0 Å². The summed E-state index contributed by atoms with van der Waals surface area (Å²) in [6, 6.07) is 9.97. The molecular formula is C7H6ClS. The van der Waals surface area contributed by atoms with E-state index in [-0.39, 0.29) is 0 Å². The van der Waals surface area contributed by atoms with Crippen LogP contribution in [0.4, 0.5) is 0 Å². The fourth-order valence-corrected chi connectivity index (χ4v) is 1.15. The zero-order valence-corrected chi connectivity index (χ0v) is 6.32. The number of benzene rings is 1. The van der Waals surface area contributed by atoms with Crippen molar-refractivity contribution in [2.75, 3.05) is 0 Å². The third kappa shape index (κ3) is 2.29. The second-order valence-electron chi connectivity index (χ2n) is 1.62. The Morgan fingerprint density at radius 1 is 1.22 bits per heavy atom. The highest BCUT2D eigenvalue weighted by molar-refractivity contribution is 8.22. The van der Waals surface area contributed by atoms with Crippen LogP contribution in [0.25, 0.3) is 0 Å². The normalized spacial score (nSPS) is 9.44. The molecule has 1 aromatic rings. The van der Waals surface area contributed by atoms with E-state index in [0.717, 1.165) is 5.56 Å². The van der Waals surface area contributed by atoms with Crippen LogP contribution in [0.15, 0.2) is 30.3 Å². The van der Waals surface area contributed by atoms with Crippen molar-refractivity contribution in [2.45, 2.75) is 0 Å². The lowest BCUT2D eigenvalue weighted by Gasteiger charge is -1.91. The van der Waals surface area contributed by atoms with Gasteiger partial charge in [0.2, 0.25) is 0 Å². The maximum atomic E-state index is 5.40. The first-order valence-corrected chi connectivity index (χ1v) is 4.30. The van der Waals surface area contributed by atoms with Gasteiger partial charge in [-0.1, -0.05) is 30.3 Å². The second kappa shape index (κ2) is 3.80. The molecule has 1 aromatic carbocycles. The molecule has 0 saturated carbocycles. The third-order valence-corrected chi connectivity index (χ3v) is 1.61. The maximum absolute atomic E-state index is 5.40. The summed E-state index contributed by atoms with van der Waals surface area (Å²) >= 11 is 0. The van der Waals surface area contributed by atoms with Crippen molar-refractivity contribution in [1.82, 2.24) is 0 Å². The molecule has 0 saturated heterocycles. The van der Waals surface area contributed by atoms with Crippen molar-refractivity contribution in [2.24, 2.45) is 0 Å². The average Bonchev–Trinajstić information content (AvgIpc) is 1.91. The highest BCUT2D eigenvalue weighted by atomic mass is 35.7. The van der Waals surface area contributed by atoms with Crippen molar-refractivity contribution in [3.05, 3.63) is 41.6 Å². The van der Waals surface area contributed by atoms with Crippen LogP contribution in [-0.2, 0) is 0 Å². The van der Waals surface area contributed by atoms with Crippen molar-refractivity contribution in [1.29, 1.82) is 0 Å². The molecule has 47 valence electrons. The highest BCUT2D eigenvalue weighted by Crippen LogP contribution is 2.16. The molecule has 1 radical (unpaired) electrons. The molecule has 1 rings (SSSR count). The Kier molecular flexibility index (Phi) is 2.95. The molecule has 0 atom stereocenters. The second-order valence-corrected chi connectivity index (χ2v) is 2.57. The molecule has 0 unspecified atom stereocenters. The van der Waals surface area contributed by atoms with Crippen molar-refractivity contribution in [3.63, 3.8) is 0 Å². The largest absolute Gasteiger partial charge is 0.0622 e. The maximum Gasteiger partial charge on any atom is 0.0620 e. The minimum Gasteiger partial charge on any atom is -0.0622 e. The van der Waals surface area contributed by atoms with Gasteiger partial charge in [-0.2, -0.15) is 0 Å². The molecule has 0 nitrogen and oxygen atoms in total. The van der Waals surface area contributed by atoms with Gasteiger partial charge in [0.25, 0.3) is 0 Å². The summed E-state index contributed by atoms with van der Waals surface area (Å²) in [6.07, 6.45) is 0. The minimum atomic E-state index is 1.15. The quantitative estimate of drug-likeness (QED) is 0.636. The van der Waals surface area contributed by atoms with Gasteiger partial charge in [0.05, 0.1) is 5.75 Å². The summed E-state index contributed by atoms with van der Waals surface area (Å²) in [4.78, 5) is 0. The smallest absolute Gasteiger partial charge is 0.0620 e. The summed E-state index contributed by atoms with van der Waals surface area (Å²) in [6.45, 7) is 0. The number of hydrogen-bond donors (Lipinski definition) is 0. The van der Waals surface area contributed by atoms with Gasteiger partial charge >= 0.3 is 0 Å². The lowest BCUT2D eigenvalue weighted by molar-refractivity contribution is 1.60. The Hall–Kier alpha value is -0.140. The van der Waals surface area contributed by atoms with E-state index in [1.54, 1.807) is 0 Å². The lowest BCUT2D eigenvalue weighted by Crippen LogP contribution is -1.70. The van der Waals surface area contributed by atoms with Crippen LogP contribution < -0.4 is 0 Å². The zero-order chi connectivity index (χ0) is 6.53. The van der Waals surface area contributed by atoms with Crippen LogP contribution in [0, 0.1) is 5.75 Å².